The Morgan fingerprint density at radius 1 is 1.42 bits per heavy atom. The van der Waals surface area contributed by atoms with E-state index in [4.69, 9.17) is 0 Å². The molecule has 1 rings (SSSR count). The van der Waals surface area contributed by atoms with Gasteiger partial charge in [-0.15, -0.1) is 0 Å². The minimum absolute atomic E-state index is 0.204. The normalized spacial score (nSPS) is 9.83. The van der Waals surface area contributed by atoms with Crippen molar-refractivity contribution >= 4 is 5.78 Å². The van der Waals surface area contributed by atoms with E-state index < -0.39 is 0 Å². The third-order valence-electron chi connectivity index (χ3n) is 1.60. The monoisotopic (exact) mass is 164 g/mol. The largest absolute Gasteiger partial charge is 0.300 e. The van der Waals surface area contributed by atoms with Crippen LogP contribution in [0.15, 0.2) is 12.4 Å². The van der Waals surface area contributed by atoms with E-state index in [1.165, 1.54) is 0 Å². The summed E-state index contributed by atoms with van der Waals surface area (Å²) in [7, 11) is 0. The molecule has 3 heteroatoms. The van der Waals surface area contributed by atoms with Gasteiger partial charge in [0, 0.05) is 18.8 Å². The molecule has 1 aromatic rings. The second kappa shape index (κ2) is 3.95. The smallest absolute Gasteiger partial charge is 0.130 e. The van der Waals surface area contributed by atoms with E-state index in [1.807, 2.05) is 6.92 Å². The average molecular weight is 164 g/mol. The van der Waals surface area contributed by atoms with E-state index in [0.717, 1.165) is 17.8 Å². The van der Waals surface area contributed by atoms with Gasteiger partial charge in [0.25, 0.3) is 0 Å². The van der Waals surface area contributed by atoms with Crippen LogP contribution in [0.4, 0.5) is 0 Å². The lowest BCUT2D eigenvalue weighted by Gasteiger charge is -1.97. The predicted octanol–water partition coefficient (Wildman–Crippen LogP) is 1.31. The Hall–Kier alpha value is -1.25. The summed E-state index contributed by atoms with van der Waals surface area (Å²) in [5.74, 6) is 0.970. The molecule has 1 aromatic heterocycles. The van der Waals surface area contributed by atoms with Crippen LogP contribution >= 0.6 is 0 Å². The van der Waals surface area contributed by atoms with E-state index in [9.17, 15) is 4.79 Å². The number of ketones is 1. The van der Waals surface area contributed by atoms with Crippen molar-refractivity contribution in [1.29, 1.82) is 0 Å². The molecule has 64 valence electrons. The lowest BCUT2D eigenvalue weighted by Crippen LogP contribution is -1.96. The highest BCUT2D eigenvalue weighted by Crippen LogP contribution is 1.99. The Bertz CT molecular complexity index is 266. The lowest BCUT2D eigenvalue weighted by atomic mass is 10.1. The number of aryl methyl sites for hydroxylation is 2. The molecule has 0 aliphatic heterocycles. The standard InChI is InChI=1S/C9H12N2O/c1-7(12)3-4-9-5-10-8(2)11-6-9/h5-6H,3-4H2,1-2H3. The molecular weight excluding hydrogens is 152 g/mol. The van der Waals surface area contributed by atoms with Gasteiger partial charge in [0.05, 0.1) is 0 Å². The van der Waals surface area contributed by atoms with Crippen LogP contribution in [0.1, 0.15) is 24.7 Å². The Kier molecular flexibility index (Phi) is 2.91. The number of aromatic nitrogens is 2. The highest BCUT2D eigenvalue weighted by atomic mass is 16.1. The maximum absolute atomic E-state index is 10.6. The first kappa shape index (κ1) is 8.84. The van der Waals surface area contributed by atoms with Gasteiger partial charge in [-0.05, 0) is 25.8 Å². The molecular formula is C9H12N2O. The maximum Gasteiger partial charge on any atom is 0.130 e. The first-order valence-electron chi connectivity index (χ1n) is 3.95. The van der Waals surface area contributed by atoms with E-state index in [-0.39, 0.29) is 5.78 Å². The molecule has 0 aromatic carbocycles. The number of hydrogen-bond donors (Lipinski definition) is 0. The molecule has 0 radical (unpaired) electrons. The summed E-state index contributed by atoms with van der Waals surface area (Å²) in [6, 6.07) is 0. The maximum atomic E-state index is 10.6. The van der Waals surface area contributed by atoms with Gasteiger partial charge in [0.2, 0.25) is 0 Å². The first-order chi connectivity index (χ1) is 5.68. The lowest BCUT2D eigenvalue weighted by molar-refractivity contribution is -0.116. The van der Waals surface area contributed by atoms with Crippen molar-refractivity contribution < 1.29 is 4.79 Å². The molecule has 0 fully saturated rings. The number of Topliss-reactive ketones (excluding diaryl/α,β-unsaturated/α-hetero) is 1. The van der Waals surface area contributed by atoms with Gasteiger partial charge in [-0.2, -0.15) is 0 Å². The van der Waals surface area contributed by atoms with Gasteiger partial charge in [-0.1, -0.05) is 0 Å². The molecule has 0 unspecified atom stereocenters. The minimum Gasteiger partial charge on any atom is -0.300 e. The van der Waals surface area contributed by atoms with E-state index in [2.05, 4.69) is 9.97 Å². The van der Waals surface area contributed by atoms with Crippen LogP contribution in [-0.2, 0) is 11.2 Å². The molecule has 0 aliphatic carbocycles. The molecule has 12 heavy (non-hydrogen) atoms. The first-order valence-corrected chi connectivity index (χ1v) is 3.95. The number of nitrogens with zero attached hydrogens (tertiary/aromatic N) is 2. The molecule has 0 N–H and O–H groups in total. The van der Waals surface area contributed by atoms with Crippen molar-refractivity contribution in [3.63, 3.8) is 0 Å². The zero-order chi connectivity index (χ0) is 8.97. The Morgan fingerprint density at radius 3 is 2.50 bits per heavy atom. The van der Waals surface area contributed by atoms with Crippen molar-refractivity contribution in [3.05, 3.63) is 23.8 Å². The van der Waals surface area contributed by atoms with Gasteiger partial charge in [0.15, 0.2) is 0 Å². The minimum atomic E-state index is 0.204. The summed E-state index contributed by atoms with van der Waals surface area (Å²) in [5.41, 5.74) is 1.02. The summed E-state index contributed by atoms with van der Waals surface area (Å²) in [6.45, 7) is 3.43. The molecule has 3 nitrogen and oxygen atoms in total. The van der Waals surface area contributed by atoms with Gasteiger partial charge in [0.1, 0.15) is 11.6 Å². The fourth-order valence-corrected chi connectivity index (χ4v) is 0.869. The molecule has 0 saturated heterocycles. The predicted molar refractivity (Wildman–Crippen MR) is 45.8 cm³/mol. The topological polar surface area (TPSA) is 42.9 Å². The third-order valence-corrected chi connectivity index (χ3v) is 1.60. The van der Waals surface area contributed by atoms with Crippen LogP contribution < -0.4 is 0 Å². The summed E-state index contributed by atoms with van der Waals surface area (Å²) in [5, 5.41) is 0. The van der Waals surface area contributed by atoms with Crippen LogP contribution in [0, 0.1) is 6.92 Å². The van der Waals surface area contributed by atoms with Gasteiger partial charge in [-0.25, -0.2) is 9.97 Å². The van der Waals surface area contributed by atoms with Gasteiger partial charge < -0.3 is 4.79 Å². The summed E-state index contributed by atoms with van der Waals surface area (Å²) in [6.07, 6.45) is 4.86. The Labute approximate surface area is 71.9 Å². The van der Waals surface area contributed by atoms with Crippen molar-refractivity contribution in [3.8, 4) is 0 Å². The Morgan fingerprint density at radius 2 is 2.00 bits per heavy atom. The second-order valence-corrected chi connectivity index (χ2v) is 2.84. The number of carbonyl (C=O) groups excluding carboxylic acids is 1. The number of hydrogen-bond acceptors (Lipinski definition) is 3. The summed E-state index contributed by atoms with van der Waals surface area (Å²) >= 11 is 0. The Balaban J connectivity index is 2.53. The van der Waals surface area contributed by atoms with E-state index >= 15 is 0 Å². The van der Waals surface area contributed by atoms with Crippen LogP contribution in [0.2, 0.25) is 0 Å². The molecule has 0 aliphatic rings. The van der Waals surface area contributed by atoms with Crippen LogP contribution in [-0.4, -0.2) is 15.8 Å². The molecule has 0 saturated carbocycles. The average Bonchev–Trinajstić information content (AvgIpc) is 2.03. The van der Waals surface area contributed by atoms with Gasteiger partial charge >= 0.3 is 0 Å². The zero-order valence-electron chi connectivity index (χ0n) is 7.37. The van der Waals surface area contributed by atoms with E-state index in [1.54, 1.807) is 19.3 Å². The van der Waals surface area contributed by atoms with Crippen LogP contribution in [0.25, 0.3) is 0 Å². The quantitative estimate of drug-likeness (QED) is 0.676. The van der Waals surface area contributed by atoms with Crippen molar-refractivity contribution in [1.82, 2.24) is 9.97 Å². The molecule has 1 heterocycles. The van der Waals surface area contributed by atoms with Crippen molar-refractivity contribution in [2.24, 2.45) is 0 Å². The molecule has 0 bridgehead atoms. The van der Waals surface area contributed by atoms with Crippen LogP contribution in [0.3, 0.4) is 0 Å². The number of carbonyl (C=O) groups is 1. The third kappa shape index (κ3) is 2.78. The summed E-state index contributed by atoms with van der Waals surface area (Å²) in [4.78, 5) is 18.7. The SMILES string of the molecule is CC(=O)CCc1cnc(C)nc1. The van der Waals surface area contributed by atoms with Crippen LogP contribution in [0.5, 0.6) is 0 Å². The highest BCUT2D eigenvalue weighted by molar-refractivity contribution is 5.75. The fraction of sp³-hybridized carbons (Fsp3) is 0.444. The fourth-order valence-electron chi connectivity index (χ4n) is 0.869. The van der Waals surface area contributed by atoms with Gasteiger partial charge in [-0.3, -0.25) is 0 Å². The molecule has 0 spiro atoms. The molecule has 0 amide bonds. The molecule has 0 atom stereocenters. The number of rotatable bonds is 3. The zero-order valence-corrected chi connectivity index (χ0v) is 7.37. The second-order valence-electron chi connectivity index (χ2n) is 2.84. The van der Waals surface area contributed by atoms with E-state index in [0.29, 0.717) is 6.42 Å². The van der Waals surface area contributed by atoms with Crippen molar-refractivity contribution in [2.75, 3.05) is 0 Å². The van der Waals surface area contributed by atoms with Crippen molar-refractivity contribution in [2.45, 2.75) is 26.7 Å². The highest BCUT2D eigenvalue weighted by Gasteiger charge is 1.96. The summed E-state index contributed by atoms with van der Waals surface area (Å²) < 4.78 is 0.